The Kier molecular flexibility index (Phi) is 8.10. The van der Waals surface area contributed by atoms with Gasteiger partial charge in [-0.25, -0.2) is 18.2 Å². The van der Waals surface area contributed by atoms with E-state index >= 15 is 0 Å². The van der Waals surface area contributed by atoms with Crippen LogP contribution in [0.15, 0.2) is 34.3 Å². The van der Waals surface area contributed by atoms with Crippen LogP contribution in [0.5, 0.6) is 0 Å². The summed E-state index contributed by atoms with van der Waals surface area (Å²) in [5.41, 5.74) is 1.44. The van der Waals surface area contributed by atoms with Gasteiger partial charge in [0.05, 0.1) is 22.4 Å². The Labute approximate surface area is 206 Å². The number of rotatable bonds is 9. The van der Waals surface area contributed by atoms with E-state index in [9.17, 15) is 18.0 Å². The molecule has 0 aliphatic heterocycles. The number of carbonyl (C=O) groups excluding carboxylic acids is 2. The number of hydrogen-bond donors (Lipinski definition) is 1. The fraction of sp³-hybridized carbons (Fsp3) is 0.381. The van der Waals surface area contributed by atoms with Crippen LogP contribution < -0.4 is 5.32 Å². The van der Waals surface area contributed by atoms with E-state index in [-0.39, 0.29) is 34.2 Å². The second-order valence-corrected chi connectivity index (χ2v) is 11.7. The van der Waals surface area contributed by atoms with Gasteiger partial charge in [-0.15, -0.1) is 10.2 Å². The Morgan fingerprint density at radius 3 is 2.50 bits per heavy atom. The number of ether oxygens (including phenoxy) is 1. The quantitative estimate of drug-likeness (QED) is 0.332. The van der Waals surface area contributed by atoms with E-state index < -0.39 is 15.8 Å². The predicted molar refractivity (Wildman–Crippen MR) is 130 cm³/mol. The van der Waals surface area contributed by atoms with Crippen LogP contribution in [0.25, 0.3) is 0 Å². The number of amides is 1. The van der Waals surface area contributed by atoms with Crippen LogP contribution in [-0.2, 0) is 32.2 Å². The van der Waals surface area contributed by atoms with Gasteiger partial charge in [-0.1, -0.05) is 40.8 Å². The Balaban J connectivity index is 1.60. The largest absolute Gasteiger partial charge is 0.459 e. The van der Waals surface area contributed by atoms with E-state index in [4.69, 9.17) is 4.74 Å². The van der Waals surface area contributed by atoms with Gasteiger partial charge in [0.15, 0.2) is 20.1 Å². The zero-order chi connectivity index (χ0) is 25.0. The number of sulfone groups is 1. The average molecular weight is 524 g/mol. The number of carbonyl (C=O) groups is 2. The van der Waals surface area contributed by atoms with E-state index in [1.54, 1.807) is 56.7 Å². The first-order valence-electron chi connectivity index (χ1n) is 10.2. The third kappa shape index (κ3) is 6.42. The number of anilines is 1. The van der Waals surface area contributed by atoms with E-state index in [0.717, 1.165) is 28.7 Å². The van der Waals surface area contributed by atoms with Crippen LogP contribution in [0.4, 0.5) is 5.13 Å². The molecule has 13 heteroatoms. The van der Waals surface area contributed by atoms with Crippen LogP contribution in [0, 0.1) is 13.8 Å². The molecular weight excluding hydrogens is 498 g/mol. The fourth-order valence-electron chi connectivity index (χ4n) is 2.79. The lowest BCUT2D eigenvalue weighted by Gasteiger charge is -2.06. The normalized spacial score (nSPS) is 11.6. The molecule has 0 atom stereocenters. The molecule has 3 aromatic rings. The van der Waals surface area contributed by atoms with Crippen molar-refractivity contribution in [2.75, 3.05) is 11.1 Å². The molecule has 2 aromatic heterocycles. The van der Waals surface area contributed by atoms with E-state index in [1.807, 2.05) is 6.92 Å². The molecule has 1 amide bonds. The molecule has 182 valence electrons. The zero-order valence-corrected chi connectivity index (χ0v) is 21.8. The lowest BCUT2D eigenvalue weighted by molar-refractivity contribution is -0.113. The van der Waals surface area contributed by atoms with Gasteiger partial charge in [-0.2, -0.15) is 0 Å². The summed E-state index contributed by atoms with van der Waals surface area (Å²) in [6.07, 6.45) is -0.258. The molecule has 0 radical (unpaired) electrons. The molecule has 0 bridgehead atoms. The number of thiazole rings is 1. The van der Waals surface area contributed by atoms with Gasteiger partial charge in [-0.05, 0) is 39.8 Å². The number of nitrogens with one attached hydrogen (secondary N) is 1. The molecule has 0 aliphatic rings. The van der Waals surface area contributed by atoms with Crippen molar-refractivity contribution in [1.29, 1.82) is 0 Å². The average Bonchev–Trinajstić information content (AvgIpc) is 3.28. The lowest BCUT2D eigenvalue weighted by Crippen LogP contribution is -2.14. The van der Waals surface area contributed by atoms with Crippen LogP contribution >= 0.6 is 23.1 Å². The maximum atomic E-state index is 12.7. The number of esters is 1. The van der Waals surface area contributed by atoms with Crippen molar-refractivity contribution >= 4 is 49.9 Å². The van der Waals surface area contributed by atoms with Crippen LogP contribution in [0.2, 0.25) is 0 Å². The van der Waals surface area contributed by atoms with Gasteiger partial charge in [-0.3, -0.25) is 4.79 Å². The van der Waals surface area contributed by atoms with Crippen LogP contribution in [-0.4, -0.2) is 51.9 Å². The predicted octanol–water partition coefficient (Wildman–Crippen LogP) is 3.16. The van der Waals surface area contributed by atoms with Gasteiger partial charge >= 0.3 is 5.97 Å². The molecular formula is C21H25N5O5S3. The summed E-state index contributed by atoms with van der Waals surface area (Å²) in [7, 11) is -1.93. The summed E-state index contributed by atoms with van der Waals surface area (Å²) in [6, 6.07) is 6.61. The van der Waals surface area contributed by atoms with Gasteiger partial charge in [0.2, 0.25) is 5.91 Å². The maximum Gasteiger partial charge on any atom is 0.350 e. The zero-order valence-electron chi connectivity index (χ0n) is 19.4. The minimum Gasteiger partial charge on any atom is -0.459 e. The first-order chi connectivity index (χ1) is 16.0. The molecule has 0 fully saturated rings. The minimum absolute atomic E-state index is 0.00108. The summed E-state index contributed by atoms with van der Waals surface area (Å²) in [4.78, 5) is 29.2. The van der Waals surface area contributed by atoms with Crippen molar-refractivity contribution in [3.63, 3.8) is 0 Å². The van der Waals surface area contributed by atoms with E-state index in [1.165, 1.54) is 0 Å². The molecule has 10 nitrogen and oxygen atoms in total. The third-order valence-electron chi connectivity index (χ3n) is 4.53. The first-order valence-corrected chi connectivity index (χ1v) is 13.7. The lowest BCUT2D eigenvalue weighted by atomic mass is 10.2. The second kappa shape index (κ2) is 10.7. The summed E-state index contributed by atoms with van der Waals surface area (Å²) >= 11 is 2.16. The number of thioether (sulfide) groups is 1. The monoisotopic (exact) mass is 523 g/mol. The minimum atomic E-state index is -3.58. The molecule has 3 rings (SSSR count). The Bertz CT molecular complexity index is 1300. The Hall–Kier alpha value is -2.77. The highest BCUT2D eigenvalue weighted by atomic mass is 32.2. The fourth-order valence-corrected chi connectivity index (χ4v) is 5.69. The van der Waals surface area contributed by atoms with Crippen LogP contribution in [0.3, 0.4) is 0 Å². The van der Waals surface area contributed by atoms with Crippen molar-refractivity contribution in [3.8, 4) is 0 Å². The smallest absolute Gasteiger partial charge is 0.350 e. The summed E-state index contributed by atoms with van der Waals surface area (Å²) in [5.74, 6) is -0.861. The van der Waals surface area contributed by atoms with Crippen LogP contribution in [0.1, 0.15) is 40.6 Å². The topological polar surface area (TPSA) is 133 Å². The van der Waals surface area contributed by atoms with Gasteiger partial charge in [0, 0.05) is 7.05 Å². The van der Waals surface area contributed by atoms with Gasteiger partial charge in [0.1, 0.15) is 16.5 Å². The number of aryl methyl sites for hydroxylation is 2. The summed E-state index contributed by atoms with van der Waals surface area (Å²) in [6.45, 7) is 7.06. The van der Waals surface area contributed by atoms with Crippen molar-refractivity contribution in [2.45, 2.75) is 49.6 Å². The molecule has 0 saturated carbocycles. The number of nitrogens with zero attached hydrogens (tertiary/aromatic N) is 4. The highest BCUT2D eigenvalue weighted by Gasteiger charge is 2.22. The second-order valence-electron chi connectivity index (χ2n) is 7.75. The number of hydrogen-bond acceptors (Lipinski definition) is 10. The number of benzene rings is 1. The van der Waals surface area contributed by atoms with Gasteiger partial charge < -0.3 is 14.6 Å². The molecule has 34 heavy (non-hydrogen) atoms. The summed E-state index contributed by atoms with van der Waals surface area (Å²) < 4.78 is 32.1. The van der Waals surface area contributed by atoms with Crippen molar-refractivity contribution < 1.29 is 22.7 Å². The highest BCUT2D eigenvalue weighted by molar-refractivity contribution is 7.99. The standard InChI is InChI=1S/C21H25N5O5S3/c1-12(2)31-19(28)18-14(4)22-20(33-18)23-17(27)10-32-21-25-24-16(26(21)5)11-34(29,30)15-8-6-13(3)7-9-15/h6-9,12H,10-11H2,1-5H3,(H,22,23,27). The highest BCUT2D eigenvalue weighted by Crippen LogP contribution is 2.25. The molecule has 1 aromatic carbocycles. The SMILES string of the molecule is Cc1ccc(S(=O)(=O)Cc2nnc(SCC(=O)Nc3nc(C)c(C(=O)OC(C)C)s3)n2C)cc1. The van der Waals surface area contributed by atoms with Crippen molar-refractivity contribution in [1.82, 2.24) is 19.7 Å². The van der Waals surface area contributed by atoms with Crippen molar-refractivity contribution in [2.24, 2.45) is 7.05 Å². The molecule has 0 unspecified atom stereocenters. The number of aromatic nitrogens is 4. The molecule has 0 aliphatic carbocycles. The Morgan fingerprint density at radius 2 is 1.85 bits per heavy atom. The van der Waals surface area contributed by atoms with E-state index in [0.29, 0.717) is 20.9 Å². The summed E-state index contributed by atoms with van der Waals surface area (Å²) in [5, 5.41) is 11.4. The maximum absolute atomic E-state index is 12.7. The molecule has 0 spiro atoms. The van der Waals surface area contributed by atoms with E-state index in [2.05, 4.69) is 20.5 Å². The third-order valence-corrected chi connectivity index (χ3v) is 8.23. The van der Waals surface area contributed by atoms with Gasteiger partial charge in [0.25, 0.3) is 0 Å². The Morgan fingerprint density at radius 1 is 1.18 bits per heavy atom. The molecule has 1 N–H and O–H groups in total. The van der Waals surface area contributed by atoms with Crippen molar-refractivity contribution in [3.05, 3.63) is 46.2 Å². The first kappa shape index (κ1) is 25.8. The molecule has 2 heterocycles. The molecule has 0 saturated heterocycles.